The number of rotatable bonds is 2. The average Bonchev–Trinajstić information content (AvgIpc) is 2.42. The van der Waals surface area contributed by atoms with Crippen molar-refractivity contribution in [3.05, 3.63) is 62.0 Å². The monoisotopic (exact) mass is 411 g/mol. The van der Waals surface area contributed by atoms with Crippen LogP contribution in [0.5, 0.6) is 0 Å². The minimum absolute atomic E-state index is 0.0655. The molecule has 0 aliphatic rings. The van der Waals surface area contributed by atoms with Gasteiger partial charge in [-0.2, -0.15) is 13.2 Å². The Labute approximate surface area is 142 Å². The van der Waals surface area contributed by atoms with E-state index in [1.165, 1.54) is 12.1 Å². The largest absolute Gasteiger partial charge is 0.416 e. The van der Waals surface area contributed by atoms with Crippen LogP contribution >= 0.6 is 39.1 Å². The molecular weight excluding hydrogens is 406 g/mol. The Morgan fingerprint density at radius 2 is 1.73 bits per heavy atom. The molecule has 0 fully saturated rings. The van der Waals surface area contributed by atoms with Crippen LogP contribution in [-0.2, 0) is 6.18 Å². The maximum Gasteiger partial charge on any atom is 0.416 e. The van der Waals surface area contributed by atoms with Crippen molar-refractivity contribution in [2.45, 2.75) is 6.18 Å². The Morgan fingerprint density at radius 3 is 2.32 bits per heavy atom. The van der Waals surface area contributed by atoms with Gasteiger partial charge in [0.05, 0.1) is 26.9 Å². The zero-order valence-electron chi connectivity index (χ0n) is 10.6. The van der Waals surface area contributed by atoms with Crippen LogP contribution in [0.3, 0.4) is 0 Å². The summed E-state index contributed by atoms with van der Waals surface area (Å²) in [4.78, 5) is 12.1. The van der Waals surface area contributed by atoms with E-state index in [0.29, 0.717) is 4.47 Å². The van der Waals surface area contributed by atoms with Gasteiger partial charge in [-0.25, -0.2) is 0 Å². The van der Waals surface area contributed by atoms with Crippen LogP contribution in [0.15, 0.2) is 40.9 Å². The molecule has 0 radical (unpaired) electrons. The molecule has 0 spiro atoms. The SMILES string of the molecule is O=C(Nc1ccc(C(F)(F)F)cc1Cl)c1cc(Br)ccc1Cl. The standard InChI is InChI=1S/C14H7BrCl2F3NO/c15-8-2-3-10(16)9(6-8)13(22)21-12-4-1-7(5-11(12)17)14(18,19)20/h1-6H,(H,21,22). The molecule has 0 saturated heterocycles. The lowest BCUT2D eigenvalue weighted by Gasteiger charge is -2.11. The van der Waals surface area contributed by atoms with Gasteiger partial charge >= 0.3 is 6.18 Å². The van der Waals surface area contributed by atoms with Crippen LogP contribution in [0.2, 0.25) is 10.0 Å². The summed E-state index contributed by atoms with van der Waals surface area (Å²) in [5.41, 5.74) is -0.654. The fourth-order valence-corrected chi connectivity index (χ4v) is 2.45. The molecule has 0 atom stereocenters. The summed E-state index contributed by atoms with van der Waals surface area (Å²) >= 11 is 14.9. The molecule has 8 heteroatoms. The lowest BCUT2D eigenvalue weighted by atomic mass is 10.1. The molecule has 0 aromatic heterocycles. The first-order valence-electron chi connectivity index (χ1n) is 5.81. The van der Waals surface area contributed by atoms with Crippen molar-refractivity contribution in [3.8, 4) is 0 Å². The first-order valence-corrected chi connectivity index (χ1v) is 7.36. The second-order valence-electron chi connectivity index (χ2n) is 4.27. The van der Waals surface area contributed by atoms with E-state index in [0.717, 1.165) is 18.2 Å². The fraction of sp³-hybridized carbons (Fsp3) is 0.0714. The first-order chi connectivity index (χ1) is 10.2. The number of hydrogen-bond donors (Lipinski definition) is 1. The van der Waals surface area contributed by atoms with E-state index < -0.39 is 17.6 Å². The summed E-state index contributed by atoms with van der Waals surface area (Å²) in [5, 5.41) is 2.43. The first kappa shape index (κ1) is 17.1. The summed E-state index contributed by atoms with van der Waals surface area (Å²) in [6.07, 6.45) is -4.50. The second-order valence-corrected chi connectivity index (χ2v) is 6.00. The molecule has 0 unspecified atom stereocenters. The molecule has 2 rings (SSSR count). The van der Waals surface area contributed by atoms with Crippen LogP contribution < -0.4 is 5.32 Å². The van der Waals surface area contributed by atoms with Gasteiger partial charge in [-0.3, -0.25) is 4.79 Å². The van der Waals surface area contributed by atoms with E-state index in [9.17, 15) is 18.0 Å². The van der Waals surface area contributed by atoms with Crippen LogP contribution in [0.25, 0.3) is 0 Å². The van der Waals surface area contributed by atoms with E-state index >= 15 is 0 Å². The third kappa shape index (κ3) is 3.94. The molecule has 22 heavy (non-hydrogen) atoms. The normalized spacial score (nSPS) is 11.4. The van der Waals surface area contributed by atoms with Crippen molar-refractivity contribution in [3.63, 3.8) is 0 Å². The molecule has 0 bridgehead atoms. The molecule has 1 N–H and O–H groups in total. The molecule has 2 nitrogen and oxygen atoms in total. The number of carbonyl (C=O) groups excluding carboxylic acids is 1. The van der Waals surface area contributed by atoms with Crippen molar-refractivity contribution in [1.29, 1.82) is 0 Å². The molecule has 0 aliphatic carbocycles. The van der Waals surface area contributed by atoms with E-state index in [4.69, 9.17) is 23.2 Å². The van der Waals surface area contributed by atoms with Crippen molar-refractivity contribution in [2.75, 3.05) is 5.32 Å². The predicted molar refractivity (Wildman–Crippen MR) is 83.6 cm³/mol. The third-order valence-electron chi connectivity index (χ3n) is 2.72. The van der Waals surface area contributed by atoms with Crippen molar-refractivity contribution < 1.29 is 18.0 Å². The lowest BCUT2D eigenvalue weighted by Crippen LogP contribution is -2.13. The maximum atomic E-state index is 12.6. The van der Waals surface area contributed by atoms with Crippen LogP contribution in [0.1, 0.15) is 15.9 Å². The average molecular weight is 413 g/mol. The Balaban J connectivity index is 2.27. The molecule has 0 heterocycles. The van der Waals surface area contributed by atoms with Crippen LogP contribution in [0, 0.1) is 0 Å². The minimum Gasteiger partial charge on any atom is -0.321 e. The molecular formula is C14H7BrCl2F3NO. The third-order valence-corrected chi connectivity index (χ3v) is 3.85. The van der Waals surface area contributed by atoms with Gasteiger partial charge in [-0.05, 0) is 36.4 Å². The lowest BCUT2D eigenvalue weighted by molar-refractivity contribution is -0.137. The van der Waals surface area contributed by atoms with Crippen LogP contribution in [-0.4, -0.2) is 5.91 Å². The smallest absolute Gasteiger partial charge is 0.321 e. The number of carbonyl (C=O) groups is 1. The molecule has 0 aliphatic heterocycles. The van der Waals surface area contributed by atoms with Crippen molar-refractivity contribution in [1.82, 2.24) is 0 Å². The number of anilines is 1. The zero-order valence-corrected chi connectivity index (χ0v) is 13.7. The van der Waals surface area contributed by atoms with Gasteiger partial charge in [-0.15, -0.1) is 0 Å². The highest BCUT2D eigenvalue weighted by Gasteiger charge is 2.31. The molecule has 0 saturated carbocycles. The van der Waals surface area contributed by atoms with Gasteiger partial charge in [0.25, 0.3) is 5.91 Å². The summed E-state index contributed by atoms with van der Waals surface area (Å²) in [5.74, 6) is -0.576. The van der Waals surface area contributed by atoms with Gasteiger partial charge in [0, 0.05) is 4.47 Å². The number of amides is 1. The fourth-order valence-electron chi connectivity index (χ4n) is 1.65. The molecule has 2 aromatic carbocycles. The van der Waals surface area contributed by atoms with Gasteiger partial charge < -0.3 is 5.32 Å². The number of benzene rings is 2. The highest BCUT2D eigenvalue weighted by atomic mass is 79.9. The Morgan fingerprint density at radius 1 is 1.05 bits per heavy atom. The van der Waals surface area contributed by atoms with E-state index in [1.807, 2.05) is 0 Å². The molecule has 2 aromatic rings. The van der Waals surface area contributed by atoms with Crippen molar-refractivity contribution >= 4 is 50.7 Å². The molecule has 116 valence electrons. The highest BCUT2D eigenvalue weighted by Crippen LogP contribution is 2.34. The Bertz CT molecular complexity index is 735. The Hall–Kier alpha value is -1.24. The predicted octanol–water partition coefficient (Wildman–Crippen LogP) is 6.03. The Kier molecular flexibility index (Phi) is 5.04. The van der Waals surface area contributed by atoms with Gasteiger partial charge in [0.1, 0.15) is 0 Å². The molecule has 1 amide bonds. The number of halogens is 6. The van der Waals surface area contributed by atoms with Gasteiger partial charge in [-0.1, -0.05) is 39.1 Å². The van der Waals surface area contributed by atoms with E-state index in [-0.39, 0.29) is 21.3 Å². The summed E-state index contributed by atoms with van der Waals surface area (Å²) in [6, 6.07) is 7.35. The topological polar surface area (TPSA) is 29.1 Å². The van der Waals surface area contributed by atoms with Crippen LogP contribution in [0.4, 0.5) is 18.9 Å². The summed E-state index contributed by atoms with van der Waals surface area (Å²) < 4.78 is 38.3. The quantitative estimate of drug-likeness (QED) is 0.641. The number of alkyl halides is 3. The zero-order chi connectivity index (χ0) is 16.5. The summed E-state index contributed by atoms with van der Waals surface area (Å²) in [7, 11) is 0. The minimum atomic E-state index is -4.50. The highest BCUT2D eigenvalue weighted by molar-refractivity contribution is 9.10. The van der Waals surface area contributed by atoms with Gasteiger partial charge in [0.15, 0.2) is 0 Å². The number of nitrogens with one attached hydrogen (secondary N) is 1. The van der Waals surface area contributed by atoms with Gasteiger partial charge in [0.2, 0.25) is 0 Å². The number of hydrogen-bond acceptors (Lipinski definition) is 1. The van der Waals surface area contributed by atoms with E-state index in [2.05, 4.69) is 21.2 Å². The van der Waals surface area contributed by atoms with Crippen molar-refractivity contribution in [2.24, 2.45) is 0 Å². The van der Waals surface area contributed by atoms with E-state index in [1.54, 1.807) is 6.07 Å². The maximum absolute atomic E-state index is 12.6. The second kappa shape index (κ2) is 6.48. The summed E-state index contributed by atoms with van der Waals surface area (Å²) in [6.45, 7) is 0.